The molecule has 0 radical (unpaired) electrons. The number of nitrogens with one attached hydrogen (secondary N) is 1. The van der Waals surface area contributed by atoms with E-state index in [9.17, 15) is 4.79 Å². The highest BCUT2D eigenvalue weighted by Gasteiger charge is 2.14. The fourth-order valence-electron chi connectivity index (χ4n) is 1.31. The molecule has 0 saturated carbocycles. The van der Waals surface area contributed by atoms with Gasteiger partial charge in [0.05, 0.1) is 0 Å². The van der Waals surface area contributed by atoms with Crippen molar-refractivity contribution >= 4 is 23.5 Å². The second kappa shape index (κ2) is 4.97. The van der Waals surface area contributed by atoms with Crippen molar-refractivity contribution in [1.29, 1.82) is 0 Å². The van der Waals surface area contributed by atoms with Crippen LogP contribution >= 0.6 is 11.8 Å². The van der Waals surface area contributed by atoms with Gasteiger partial charge < -0.3 is 9.73 Å². The first-order valence-corrected chi connectivity index (χ1v) is 6.53. The van der Waals surface area contributed by atoms with Crippen LogP contribution in [0.2, 0.25) is 0 Å². The molecule has 2 aromatic heterocycles. The van der Waals surface area contributed by atoms with E-state index in [0.29, 0.717) is 23.2 Å². The van der Waals surface area contributed by atoms with Gasteiger partial charge in [-0.1, -0.05) is 16.9 Å². The number of hydrogen-bond acceptors (Lipinski definition) is 6. The van der Waals surface area contributed by atoms with Gasteiger partial charge in [-0.3, -0.25) is 4.79 Å². The molecule has 98 valence electrons. The highest BCUT2D eigenvalue weighted by molar-refractivity contribution is 7.99. The van der Waals surface area contributed by atoms with E-state index in [1.807, 2.05) is 20.8 Å². The Morgan fingerprint density at radius 1 is 1.56 bits per heavy atom. The summed E-state index contributed by atoms with van der Waals surface area (Å²) >= 11 is 1.38. The van der Waals surface area contributed by atoms with Crippen LogP contribution in [-0.4, -0.2) is 37.0 Å². The van der Waals surface area contributed by atoms with Crippen LogP contribution in [0.5, 0.6) is 0 Å². The summed E-state index contributed by atoms with van der Waals surface area (Å²) in [7, 11) is 0. The van der Waals surface area contributed by atoms with Gasteiger partial charge in [0.2, 0.25) is 5.91 Å². The van der Waals surface area contributed by atoms with E-state index in [2.05, 4.69) is 20.6 Å². The second-order valence-corrected chi connectivity index (χ2v) is 5.87. The Bertz CT molecular complexity index is 513. The molecule has 0 aliphatic carbocycles. The normalized spacial score (nSPS) is 11.9. The molecule has 2 rings (SSSR count). The zero-order valence-corrected chi connectivity index (χ0v) is 11.3. The maximum Gasteiger partial charge on any atom is 0.345 e. The Hall–Kier alpha value is -1.57. The standard InChI is InChI=1S/C10H15N5O2S/c1-10(2,3)12-7(16)4-5-18-9-14-15-6-11-13-8(15)17-9/h6H,4-5H2,1-3H3,(H,12,16). The second-order valence-electron chi connectivity index (χ2n) is 4.82. The van der Waals surface area contributed by atoms with Crippen LogP contribution in [0, 0.1) is 0 Å². The number of carbonyl (C=O) groups excluding carboxylic acids is 1. The Balaban J connectivity index is 1.78. The molecule has 0 unspecified atom stereocenters. The van der Waals surface area contributed by atoms with Crippen molar-refractivity contribution in [3.63, 3.8) is 0 Å². The molecular formula is C10H15N5O2S. The third-order valence-corrected chi connectivity index (χ3v) is 2.76. The van der Waals surface area contributed by atoms with Crippen molar-refractivity contribution < 1.29 is 9.21 Å². The van der Waals surface area contributed by atoms with Gasteiger partial charge >= 0.3 is 5.84 Å². The van der Waals surface area contributed by atoms with Gasteiger partial charge in [0.15, 0.2) is 0 Å². The number of aromatic nitrogens is 4. The van der Waals surface area contributed by atoms with Gasteiger partial charge in [-0.2, -0.15) is 4.52 Å². The Kier molecular flexibility index (Phi) is 3.55. The number of thioether (sulfide) groups is 1. The Morgan fingerprint density at radius 2 is 2.33 bits per heavy atom. The van der Waals surface area contributed by atoms with Crippen LogP contribution < -0.4 is 5.32 Å². The van der Waals surface area contributed by atoms with Gasteiger partial charge in [-0.15, -0.1) is 10.2 Å². The van der Waals surface area contributed by atoms with Crippen molar-refractivity contribution in [2.75, 3.05) is 5.75 Å². The van der Waals surface area contributed by atoms with E-state index in [4.69, 9.17) is 4.42 Å². The molecule has 18 heavy (non-hydrogen) atoms. The molecule has 8 heteroatoms. The molecule has 7 nitrogen and oxygen atoms in total. The van der Waals surface area contributed by atoms with E-state index in [1.54, 1.807) is 0 Å². The van der Waals surface area contributed by atoms with Gasteiger partial charge in [0.25, 0.3) is 5.22 Å². The van der Waals surface area contributed by atoms with Gasteiger partial charge in [-0.25, -0.2) is 0 Å². The third kappa shape index (κ3) is 3.46. The number of fused-ring (bicyclic) bond motifs is 1. The molecule has 0 bridgehead atoms. The Labute approximate surface area is 108 Å². The predicted octanol–water partition coefficient (Wildman–Crippen LogP) is 1.11. The monoisotopic (exact) mass is 269 g/mol. The van der Waals surface area contributed by atoms with E-state index >= 15 is 0 Å². The van der Waals surface area contributed by atoms with Crippen LogP contribution in [0.15, 0.2) is 16.0 Å². The van der Waals surface area contributed by atoms with Crippen molar-refractivity contribution in [3.05, 3.63) is 6.33 Å². The summed E-state index contributed by atoms with van der Waals surface area (Å²) in [5.41, 5.74) is -0.197. The minimum absolute atomic E-state index is 0.0213. The Morgan fingerprint density at radius 3 is 3.00 bits per heavy atom. The SMILES string of the molecule is CC(C)(C)NC(=O)CCSc1nn2cnnc2o1. The fourth-order valence-corrected chi connectivity index (χ4v) is 2.05. The highest BCUT2D eigenvalue weighted by Crippen LogP contribution is 2.18. The molecule has 0 aromatic carbocycles. The number of hydrogen-bond donors (Lipinski definition) is 1. The van der Waals surface area contributed by atoms with Gasteiger partial charge in [0, 0.05) is 17.7 Å². The van der Waals surface area contributed by atoms with Crippen molar-refractivity contribution in [2.24, 2.45) is 0 Å². The molecule has 2 aromatic rings. The number of nitrogens with zero attached hydrogens (tertiary/aromatic N) is 4. The summed E-state index contributed by atoms with van der Waals surface area (Å²) in [6.07, 6.45) is 1.89. The zero-order valence-electron chi connectivity index (χ0n) is 10.5. The highest BCUT2D eigenvalue weighted by atomic mass is 32.2. The molecule has 0 fully saturated rings. The van der Waals surface area contributed by atoms with E-state index < -0.39 is 0 Å². The average molecular weight is 269 g/mol. The fraction of sp³-hybridized carbons (Fsp3) is 0.600. The van der Waals surface area contributed by atoms with Gasteiger partial charge in [-0.05, 0) is 20.8 Å². The molecule has 0 aliphatic heterocycles. The van der Waals surface area contributed by atoms with Crippen LogP contribution in [-0.2, 0) is 4.79 Å². The van der Waals surface area contributed by atoms with Gasteiger partial charge in [0.1, 0.15) is 6.33 Å². The smallest absolute Gasteiger partial charge is 0.345 e. The first-order valence-electron chi connectivity index (χ1n) is 5.55. The lowest BCUT2D eigenvalue weighted by atomic mass is 10.1. The number of amides is 1. The molecule has 2 heterocycles. The molecule has 0 aliphatic rings. The summed E-state index contributed by atoms with van der Waals surface area (Å²) in [5, 5.41) is 14.8. The summed E-state index contributed by atoms with van der Waals surface area (Å²) in [5.74, 6) is 0.989. The minimum atomic E-state index is -0.197. The molecular weight excluding hydrogens is 254 g/mol. The van der Waals surface area contributed by atoms with E-state index in [-0.39, 0.29) is 11.4 Å². The van der Waals surface area contributed by atoms with E-state index in [0.717, 1.165) is 0 Å². The van der Waals surface area contributed by atoms with Crippen molar-refractivity contribution in [3.8, 4) is 0 Å². The van der Waals surface area contributed by atoms with Crippen molar-refractivity contribution in [2.45, 2.75) is 38.0 Å². The lowest BCUT2D eigenvalue weighted by Crippen LogP contribution is -2.40. The topological polar surface area (TPSA) is 85.3 Å². The van der Waals surface area contributed by atoms with Crippen LogP contribution in [0.3, 0.4) is 0 Å². The first kappa shape index (κ1) is 12.9. The number of carbonyl (C=O) groups is 1. The number of rotatable bonds is 4. The maximum atomic E-state index is 11.6. The minimum Gasteiger partial charge on any atom is -0.396 e. The molecule has 0 spiro atoms. The average Bonchev–Trinajstić information content (AvgIpc) is 2.74. The molecule has 1 amide bonds. The lowest BCUT2D eigenvalue weighted by Gasteiger charge is -2.20. The third-order valence-electron chi connectivity index (χ3n) is 1.94. The summed E-state index contributed by atoms with van der Waals surface area (Å²) in [4.78, 5) is 11.6. The van der Waals surface area contributed by atoms with Crippen LogP contribution in [0.25, 0.3) is 5.84 Å². The molecule has 1 N–H and O–H groups in total. The van der Waals surface area contributed by atoms with Crippen molar-refractivity contribution in [1.82, 2.24) is 25.1 Å². The zero-order chi connectivity index (χ0) is 13.2. The summed E-state index contributed by atoms with van der Waals surface area (Å²) in [6, 6.07) is 0. The quantitative estimate of drug-likeness (QED) is 0.837. The first-order chi connectivity index (χ1) is 8.44. The predicted molar refractivity (Wildman–Crippen MR) is 66.3 cm³/mol. The molecule has 0 atom stereocenters. The lowest BCUT2D eigenvalue weighted by molar-refractivity contribution is -0.122. The van der Waals surface area contributed by atoms with E-state index in [1.165, 1.54) is 22.6 Å². The van der Waals surface area contributed by atoms with Crippen LogP contribution in [0.1, 0.15) is 27.2 Å². The maximum absolute atomic E-state index is 11.6. The summed E-state index contributed by atoms with van der Waals surface area (Å²) < 4.78 is 6.76. The summed E-state index contributed by atoms with van der Waals surface area (Å²) in [6.45, 7) is 5.86. The largest absolute Gasteiger partial charge is 0.396 e. The molecule has 0 saturated heterocycles. The van der Waals surface area contributed by atoms with Crippen LogP contribution in [0.4, 0.5) is 0 Å².